The second-order valence-corrected chi connectivity index (χ2v) is 13.8. The van der Waals surface area contributed by atoms with Gasteiger partial charge in [0.2, 0.25) is 0 Å². The Bertz CT molecular complexity index is 1410. The van der Waals surface area contributed by atoms with Gasteiger partial charge in [0.25, 0.3) is 0 Å². The average Bonchev–Trinajstić information content (AvgIpc) is 3.48. The molecule has 1 aliphatic carbocycles. The standard InChI is InChI=1S/C29H37FN4O2S/c1-5-24-22(14-21(16-31-24)29(2,3)4)19-8-9-20(13-19)26-15-27(34-33-26)32-25-11-10-18-7-6-12-37(35,36)17-23(18)28(25)30/h10-11,14-16,19-20H,5-9,12-13,17H2,1-4H3,(H2,32,33,34). The molecule has 1 aromatic carbocycles. The van der Waals surface area contributed by atoms with Crippen molar-refractivity contribution in [1.29, 1.82) is 0 Å². The monoisotopic (exact) mass is 524 g/mol. The number of hydrogen-bond donors (Lipinski definition) is 2. The lowest BCUT2D eigenvalue weighted by Gasteiger charge is -2.22. The van der Waals surface area contributed by atoms with Crippen molar-refractivity contribution in [3.05, 3.63) is 69.9 Å². The number of hydrogen-bond acceptors (Lipinski definition) is 5. The van der Waals surface area contributed by atoms with Crippen molar-refractivity contribution in [3.8, 4) is 0 Å². The van der Waals surface area contributed by atoms with Crippen molar-refractivity contribution >= 4 is 21.3 Å². The zero-order chi connectivity index (χ0) is 26.4. The zero-order valence-electron chi connectivity index (χ0n) is 22.2. The lowest BCUT2D eigenvalue weighted by molar-refractivity contribution is 0.581. The molecular weight excluding hydrogens is 487 g/mol. The Kier molecular flexibility index (Phi) is 6.90. The molecule has 2 N–H and O–H groups in total. The van der Waals surface area contributed by atoms with Crippen LogP contribution in [-0.2, 0) is 33.8 Å². The minimum atomic E-state index is -3.29. The largest absolute Gasteiger partial charge is 0.336 e. The predicted molar refractivity (Wildman–Crippen MR) is 146 cm³/mol. The van der Waals surface area contributed by atoms with E-state index >= 15 is 4.39 Å². The van der Waals surface area contributed by atoms with Crippen molar-refractivity contribution in [3.63, 3.8) is 0 Å². The van der Waals surface area contributed by atoms with Crippen LogP contribution >= 0.6 is 0 Å². The molecule has 5 rings (SSSR count). The number of aromatic amines is 1. The number of halogens is 1. The molecular formula is C29H37FN4O2S. The fourth-order valence-corrected chi connectivity index (χ4v) is 7.27. The van der Waals surface area contributed by atoms with Gasteiger partial charge in [0, 0.05) is 35.1 Å². The Morgan fingerprint density at radius 1 is 1.16 bits per heavy atom. The SMILES string of the molecule is CCc1ncc(C(C)(C)C)cc1C1CCC(c2cc(Nc3ccc4c(c3F)CS(=O)(=O)CCC4)n[nH]2)C1. The molecule has 37 heavy (non-hydrogen) atoms. The van der Waals surface area contributed by atoms with Gasteiger partial charge in [0.1, 0.15) is 0 Å². The first-order chi connectivity index (χ1) is 17.5. The molecule has 3 heterocycles. The Morgan fingerprint density at radius 3 is 2.70 bits per heavy atom. The topological polar surface area (TPSA) is 87.7 Å². The lowest BCUT2D eigenvalue weighted by atomic mass is 9.84. The molecule has 0 spiro atoms. The van der Waals surface area contributed by atoms with Crippen LogP contribution in [0.4, 0.5) is 15.9 Å². The third kappa shape index (κ3) is 5.44. The van der Waals surface area contributed by atoms with E-state index in [4.69, 9.17) is 4.98 Å². The van der Waals surface area contributed by atoms with E-state index in [0.29, 0.717) is 30.5 Å². The maximum Gasteiger partial charge on any atom is 0.154 e. The maximum absolute atomic E-state index is 15.3. The maximum atomic E-state index is 15.3. The summed E-state index contributed by atoms with van der Waals surface area (Å²) in [7, 11) is -3.29. The van der Waals surface area contributed by atoms with Crippen LogP contribution in [0.5, 0.6) is 0 Å². The molecule has 1 aliphatic heterocycles. The van der Waals surface area contributed by atoms with Gasteiger partial charge in [-0.05, 0) is 72.6 Å². The molecule has 1 fully saturated rings. The van der Waals surface area contributed by atoms with Gasteiger partial charge in [0.15, 0.2) is 21.5 Å². The Hall–Kier alpha value is -2.74. The first-order valence-electron chi connectivity index (χ1n) is 13.4. The van der Waals surface area contributed by atoms with Crippen molar-refractivity contribution in [2.75, 3.05) is 11.1 Å². The number of benzene rings is 1. The summed E-state index contributed by atoms with van der Waals surface area (Å²) >= 11 is 0. The highest BCUT2D eigenvalue weighted by molar-refractivity contribution is 7.90. The first kappa shape index (κ1) is 25.9. The van der Waals surface area contributed by atoms with E-state index in [2.05, 4.69) is 49.3 Å². The number of sulfone groups is 1. The summed E-state index contributed by atoms with van der Waals surface area (Å²) in [5.74, 6) is 0.706. The highest BCUT2D eigenvalue weighted by Gasteiger charge is 2.31. The number of pyridine rings is 1. The molecule has 2 aromatic heterocycles. The van der Waals surface area contributed by atoms with Crippen LogP contribution in [0.2, 0.25) is 0 Å². The van der Waals surface area contributed by atoms with Crippen LogP contribution in [0.3, 0.4) is 0 Å². The van der Waals surface area contributed by atoms with Crippen LogP contribution in [0.1, 0.15) is 98.9 Å². The van der Waals surface area contributed by atoms with Gasteiger partial charge >= 0.3 is 0 Å². The number of aromatic nitrogens is 3. The number of anilines is 2. The second-order valence-electron chi connectivity index (χ2n) is 11.7. The van der Waals surface area contributed by atoms with Crippen LogP contribution in [-0.4, -0.2) is 29.4 Å². The van der Waals surface area contributed by atoms with Gasteiger partial charge in [-0.3, -0.25) is 10.1 Å². The molecule has 0 bridgehead atoms. The number of fused-ring (bicyclic) bond motifs is 1. The summed E-state index contributed by atoms with van der Waals surface area (Å²) in [6.45, 7) is 8.84. The van der Waals surface area contributed by atoms with E-state index in [1.54, 1.807) is 6.07 Å². The molecule has 2 unspecified atom stereocenters. The molecule has 2 atom stereocenters. The van der Waals surface area contributed by atoms with E-state index in [-0.39, 0.29) is 28.2 Å². The molecule has 198 valence electrons. The molecule has 1 saturated carbocycles. The number of aryl methyl sites for hydroxylation is 2. The van der Waals surface area contributed by atoms with Crippen LogP contribution < -0.4 is 5.32 Å². The summed E-state index contributed by atoms with van der Waals surface area (Å²) in [6, 6.07) is 7.84. The Morgan fingerprint density at radius 2 is 1.95 bits per heavy atom. The second kappa shape index (κ2) is 9.86. The fraction of sp³-hybridized carbons (Fsp3) is 0.517. The third-order valence-corrected chi connectivity index (χ3v) is 9.62. The number of H-pyrrole nitrogens is 1. The molecule has 8 heteroatoms. The van der Waals surface area contributed by atoms with Gasteiger partial charge in [-0.1, -0.05) is 39.8 Å². The van der Waals surface area contributed by atoms with E-state index in [1.165, 1.54) is 16.8 Å². The van der Waals surface area contributed by atoms with Crippen molar-refractivity contribution in [1.82, 2.24) is 15.2 Å². The fourth-order valence-electron chi connectivity index (χ4n) is 5.79. The van der Waals surface area contributed by atoms with E-state index in [0.717, 1.165) is 36.9 Å². The summed E-state index contributed by atoms with van der Waals surface area (Å²) in [6.07, 6.45) is 7.24. The number of nitrogens with zero attached hydrogens (tertiary/aromatic N) is 2. The summed E-state index contributed by atoms with van der Waals surface area (Å²) in [5, 5.41) is 10.6. The predicted octanol–water partition coefficient (Wildman–Crippen LogP) is 6.46. The molecule has 0 saturated heterocycles. The normalized spacial score (nSPS) is 21.4. The van der Waals surface area contributed by atoms with Gasteiger partial charge in [-0.15, -0.1) is 0 Å². The summed E-state index contributed by atoms with van der Waals surface area (Å²) in [5.41, 5.74) is 6.26. The zero-order valence-corrected chi connectivity index (χ0v) is 23.0. The molecule has 6 nitrogen and oxygen atoms in total. The van der Waals surface area contributed by atoms with Gasteiger partial charge < -0.3 is 5.32 Å². The average molecular weight is 525 g/mol. The summed E-state index contributed by atoms with van der Waals surface area (Å²) < 4.78 is 39.8. The van der Waals surface area contributed by atoms with E-state index in [9.17, 15) is 8.42 Å². The highest BCUT2D eigenvalue weighted by atomic mass is 32.2. The highest BCUT2D eigenvalue weighted by Crippen LogP contribution is 2.45. The molecule has 2 aliphatic rings. The van der Waals surface area contributed by atoms with Gasteiger partial charge in [-0.2, -0.15) is 5.10 Å². The van der Waals surface area contributed by atoms with Crippen molar-refractivity contribution in [2.45, 2.75) is 89.2 Å². The van der Waals surface area contributed by atoms with E-state index in [1.807, 2.05) is 18.3 Å². The Balaban J connectivity index is 1.32. The quantitative estimate of drug-likeness (QED) is 0.400. The van der Waals surface area contributed by atoms with Gasteiger partial charge in [0.05, 0.1) is 17.2 Å². The molecule has 0 amide bonds. The van der Waals surface area contributed by atoms with Crippen LogP contribution in [0.15, 0.2) is 30.5 Å². The van der Waals surface area contributed by atoms with Crippen molar-refractivity contribution in [2.24, 2.45) is 0 Å². The summed E-state index contributed by atoms with van der Waals surface area (Å²) in [4.78, 5) is 4.81. The van der Waals surface area contributed by atoms with Crippen LogP contribution in [0.25, 0.3) is 0 Å². The minimum absolute atomic E-state index is 0.0608. The third-order valence-electron chi connectivity index (χ3n) is 7.98. The molecule has 3 aromatic rings. The van der Waals surface area contributed by atoms with Gasteiger partial charge in [-0.25, -0.2) is 12.8 Å². The minimum Gasteiger partial charge on any atom is -0.336 e. The van der Waals surface area contributed by atoms with Crippen LogP contribution in [0, 0.1) is 5.82 Å². The Labute approximate surface area is 219 Å². The lowest BCUT2D eigenvalue weighted by Crippen LogP contribution is -2.14. The van der Waals surface area contributed by atoms with Crippen molar-refractivity contribution < 1.29 is 12.8 Å². The van der Waals surface area contributed by atoms with E-state index < -0.39 is 15.7 Å². The number of rotatable bonds is 5. The first-order valence-corrected chi connectivity index (χ1v) is 15.2. The molecule has 0 radical (unpaired) electrons. The number of nitrogens with one attached hydrogen (secondary N) is 2. The smallest absolute Gasteiger partial charge is 0.154 e.